The van der Waals surface area contributed by atoms with Gasteiger partial charge in [-0.15, -0.1) is 0 Å². The normalized spacial score (nSPS) is 10.2. The average Bonchev–Trinajstić information content (AvgIpc) is 2.43. The third-order valence-corrected chi connectivity index (χ3v) is 3.74. The Hall–Kier alpha value is -1.65. The second-order valence-electron chi connectivity index (χ2n) is 4.14. The second kappa shape index (κ2) is 6.50. The maximum atomic E-state index is 11.9. The first-order chi connectivity index (χ1) is 9.18. The van der Waals surface area contributed by atoms with Gasteiger partial charge in [0.05, 0.1) is 12.2 Å². The number of nitrogens with one attached hydrogen (secondary N) is 1. The molecular formula is C15H14BrNO2. The first-order valence-corrected chi connectivity index (χ1v) is 6.69. The number of benzene rings is 2. The Kier molecular flexibility index (Phi) is 4.71. The maximum Gasteiger partial charge on any atom is 0.276 e. The molecule has 0 saturated carbocycles. The van der Waals surface area contributed by atoms with Crippen LogP contribution in [-0.2, 0) is 11.4 Å². The first-order valence-electron chi connectivity index (χ1n) is 5.89. The Bertz CT molecular complexity index is 570. The largest absolute Gasteiger partial charge is 0.276 e. The van der Waals surface area contributed by atoms with Crippen molar-refractivity contribution in [2.45, 2.75) is 13.5 Å². The molecule has 19 heavy (non-hydrogen) atoms. The van der Waals surface area contributed by atoms with Crippen LogP contribution in [0, 0.1) is 6.92 Å². The van der Waals surface area contributed by atoms with E-state index in [1.807, 2.05) is 49.4 Å². The van der Waals surface area contributed by atoms with Crippen LogP contribution in [0.15, 0.2) is 53.0 Å². The van der Waals surface area contributed by atoms with Crippen LogP contribution in [0.1, 0.15) is 21.5 Å². The summed E-state index contributed by atoms with van der Waals surface area (Å²) in [5.41, 5.74) is 5.03. The van der Waals surface area contributed by atoms with Crippen LogP contribution in [0.25, 0.3) is 0 Å². The Labute approximate surface area is 120 Å². The van der Waals surface area contributed by atoms with Crippen molar-refractivity contribution in [3.8, 4) is 0 Å². The minimum absolute atomic E-state index is 0.258. The van der Waals surface area contributed by atoms with Gasteiger partial charge in [0, 0.05) is 4.47 Å². The fraction of sp³-hybridized carbons (Fsp3) is 0.133. The lowest BCUT2D eigenvalue weighted by Crippen LogP contribution is -2.24. The van der Waals surface area contributed by atoms with Gasteiger partial charge in [-0.25, -0.2) is 5.48 Å². The van der Waals surface area contributed by atoms with Crippen molar-refractivity contribution in [1.29, 1.82) is 0 Å². The van der Waals surface area contributed by atoms with Gasteiger partial charge < -0.3 is 0 Å². The molecule has 1 amide bonds. The minimum atomic E-state index is -0.258. The van der Waals surface area contributed by atoms with Gasteiger partial charge in [-0.3, -0.25) is 9.63 Å². The van der Waals surface area contributed by atoms with E-state index in [0.717, 1.165) is 15.6 Å². The molecule has 0 aromatic heterocycles. The Balaban J connectivity index is 1.93. The maximum absolute atomic E-state index is 11.9. The summed E-state index contributed by atoms with van der Waals surface area (Å²) in [4.78, 5) is 17.2. The zero-order valence-corrected chi connectivity index (χ0v) is 12.1. The van der Waals surface area contributed by atoms with E-state index in [1.54, 1.807) is 6.07 Å². The van der Waals surface area contributed by atoms with Gasteiger partial charge >= 0.3 is 0 Å². The summed E-state index contributed by atoms with van der Waals surface area (Å²) in [6.45, 7) is 2.28. The highest BCUT2D eigenvalue weighted by Gasteiger charge is 2.10. The van der Waals surface area contributed by atoms with Crippen LogP contribution >= 0.6 is 15.9 Å². The van der Waals surface area contributed by atoms with Gasteiger partial charge in [0.2, 0.25) is 0 Å². The molecule has 4 heteroatoms. The molecule has 0 bridgehead atoms. The van der Waals surface area contributed by atoms with E-state index in [1.165, 1.54) is 0 Å². The topological polar surface area (TPSA) is 38.3 Å². The van der Waals surface area contributed by atoms with Crippen LogP contribution in [0.5, 0.6) is 0 Å². The smallest absolute Gasteiger partial charge is 0.269 e. The highest BCUT2D eigenvalue weighted by atomic mass is 79.9. The molecule has 2 rings (SSSR count). The molecular weight excluding hydrogens is 306 g/mol. The van der Waals surface area contributed by atoms with Crippen molar-refractivity contribution in [2.75, 3.05) is 0 Å². The van der Waals surface area contributed by atoms with Crippen molar-refractivity contribution in [2.24, 2.45) is 0 Å². The molecule has 0 spiro atoms. The number of carbonyl (C=O) groups is 1. The Morgan fingerprint density at radius 3 is 2.63 bits per heavy atom. The van der Waals surface area contributed by atoms with Gasteiger partial charge in [-0.1, -0.05) is 42.5 Å². The zero-order valence-electron chi connectivity index (χ0n) is 10.5. The molecule has 0 aliphatic carbocycles. The van der Waals surface area contributed by atoms with Crippen LogP contribution in [-0.4, -0.2) is 5.91 Å². The van der Waals surface area contributed by atoms with Crippen LogP contribution in [0.3, 0.4) is 0 Å². The average molecular weight is 320 g/mol. The van der Waals surface area contributed by atoms with Crippen molar-refractivity contribution in [3.63, 3.8) is 0 Å². The molecule has 0 aliphatic rings. The highest BCUT2D eigenvalue weighted by molar-refractivity contribution is 9.10. The summed E-state index contributed by atoms with van der Waals surface area (Å²) in [5.74, 6) is -0.258. The minimum Gasteiger partial charge on any atom is -0.269 e. The molecule has 0 radical (unpaired) electrons. The van der Waals surface area contributed by atoms with Crippen molar-refractivity contribution in [1.82, 2.24) is 5.48 Å². The van der Waals surface area contributed by atoms with Gasteiger partial charge in [-0.2, -0.15) is 0 Å². The van der Waals surface area contributed by atoms with Crippen molar-refractivity contribution >= 4 is 21.8 Å². The first kappa shape index (κ1) is 13.8. The molecule has 0 saturated heterocycles. The molecule has 98 valence electrons. The predicted molar refractivity (Wildman–Crippen MR) is 77.6 cm³/mol. The monoisotopic (exact) mass is 319 g/mol. The highest BCUT2D eigenvalue weighted by Crippen LogP contribution is 2.20. The molecule has 0 heterocycles. The molecule has 1 N–H and O–H groups in total. The van der Waals surface area contributed by atoms with Crippen LogP contribution < -0.4 is 5.48 Å². The number of hydrogen-bond donors (Lipinski definition) is 1. The number of aryl methyl sites for hydroxylation is 1. The lowest BCUT2D eigenvalue weighted by molar-refractivity contribution is 0.0233. The van der Waals surface area contributed by atoms with E-state index in [2.05, 4.69) is 21.4 Å². The number of amides is 1. The molecule has 2 aromatic carbocycles. The second-order valence-corrected chi connectivity index (χ2v) is 4.93. The third kappa shape index (κ3) is 3.66. The van der Waals surface area contributed by atoms with Gasteiger partial charge in [0.1, 0.15) is 0 Å². The van der Waals surface area contributed by atoms with E-state index in [-0.39, 0.29) is 5.91 Å². The molecule has 0 atom stereocenters. The summed E-state index contributed by atoms with van der Waals surface area (Å²) in [7, 11) is 0. The lowest BCUT2D eigenvalue weighted by atomic mass is 10.1. The lowest BCUT2D eigenvalue weighted by Gasteiger charge is -2.08. The summed E-state index contributed by atoms with van der Waals surface area (Å²) >= 11 is 3.40. The SMILES string of the molecule is Cc1cccc(C(=O)NOCc2ccccc2)c1Br. The van der Waals surface area contributed by atoms with Crippen LogP contribution in [0.4, 0.5) is 0 Å². The number of hydrogen-bond acceptors (Lipinski definition) is 2. The number of halogens is 1. The molecule has 0 fully saturated rings. The summed E-state index contributed by atoms with van der Waals surface area (Å²) < 4.78 is 0.788. The standard InChI is InChI=1S/C15H14BrNO2/c1-11-6-5-9-13(14(11)16)15(18)17-19-10-12-7-3-2-4-8-12/h2-9H,10H2,1H3,(H,17,18). The molecule has 3 nitrogen and oxygen atoms in total. The van der Waals surface area contributed by atoms with E-state index < -0.39 is 0 Å². The molecule has 2 aromatic rings. The fourth-order valence-electron chi connectivity index (χ4n) is 1.64. The van der Waals surface area contributed by atoms with Crippen molar-refractivity contribution in [3.05, 3.63) is 69.7 Å². The Morgan fingerprint density at radius 1 is 1.16 bits per heavy atom. The third-order valence-electron chi connectivity index (χ3n) is 2.68. The van der Waals surface area contributed by atoms with E-state index >= 15 is 0 Å². The zero-order chi connectivity index (χ0) is 13.7. The summed E-state index contributed by atoms with van der Waals surface area (Å²) in [6.07, 6.45) is 0. The van der Waals surface area contributed by atoms with Gasteiger partial charge in [-0.05, 0) is 40.0 Å². The van der Waals surface area contributed by atoms with E-state index in [0.29, 0.717) is 12.2 Å². The fourth-order valence-corrected chi connectivity index (χ4v) is 2.08. The number of rotatable bonds is 4. The van der Waals surface area contributed by atoms with E-state index in [4.69, 9.17) is 4.84 Å². The molecule has 0 aliphatic heterocycles. The molecule has 0 unspecified atom stereocenters. The number of hydroxylamine groups is 1. The Morgan fingerprint density at radius 2 is 1.89 bits per heavy atom. The predicted octanol–water partition coefficient (Wildman–Crippen LogP) is 3.62. The van der Waals surface area contributed by atoms with Gasteiger partial charge in [0.25, 0.3) is 5.91 Å². The summed E-state index contributed by atoms with van der Waals surface area (Å²) in [5, 5.41) is 0. The number of carbonyl (C=O) groups excluding carboxylic acids is 1. The van der Waals surface area contributed by atoms with E-state index in [9.17, 15) is 4.79 Å². The quantitative estimate of drug-likeness (QED) is 0.874. The summed E-state index contributed by atoms with van der Waals surface area (Å²) in [6, 6.07) is 15.2. The van der Waals surface area contributed by atoms with Gasteiger partial charge in [0.15, 0.2) is 0 Å². The van der Waals surface area contributed by atoms with Crippen LogP contribution in [0.2, 0.25) is 0 Å². The van der Waals surface area contributed by atoms with Crippen molar-refractivity contribution < 1.29 is 9.63 Å².